The van der Waals surface area contributed by atoms with Gasteiger partial charge in [0.2, 0.25) is 0 Å². The zero-order chi connectivity index (χ0) is 18.8. The van der Waals surface area contributed by atoms with E-state index < -0.39 is 0 Å². The molecule has 0 N–H and O–H groups in total. The second kappa shape index (κ2) is 8.01. The maximum atomic E-state index is 6.86. The molecule has 0 aliphatic rings. The molecule has 0 amide bonds. The summed E-state index contributed by atoms with van der Waals surface area (Å²) in [5, 5.41) is 5.53. The molecular formula is C22H15Br2ClN2. The van der Waals surface area contributed by atoms with Gasteiger partial charge in [0, 0.05) is 20.1 Å². The van der Waals surface area contributed by atoms with Crippen molar-refractivity contribution < 1.29 is 0 Å². The molecular weight excluding hydrogens is 488 g/mol. The summed E-state index contributed by atoms with van der Waals surface area (Å²) in [5.41, 5.74) is 4.88. The molecule has 3 aromatic carbocycles. The summed E-state index contributed by atoms with van der Waals surface area (Å²) in [7, 11) is 0. The molecule has 0 unspecified atom stereocenters. The van der Waals surface area contributed by atoms with Gasteiger partial charge in [-0.2, -0.15) is 5.10 Å². The van der Waals surface area contributed by atoms with Gasteiger partial charge >= 0.3 is 0 Å². The Morgan fingerprint density at radius 1 is 0.778 bits per heavy atom. The summed E-state index contributed by atoms with van der Waals surface area (Å²) >= 11 is 13.9. The van der Waals surface area contributed by atoms with Crippen LogP contribution in [0.15, 0.2) is 87.8 Å². The topological polar surface area (TPSA) is 17.8 Å². The Hall–Kier alpha value is -1.88. The van der Waals surface area contributed by atoms with Gasteiger partial charge in [0.05, 0.1) is 17.3 Å². The average Bonchev–Trinajstić information content (AvgIpc) is 2.98. The summed E-state index contributed by atoms with van der Waals surface area (Å²) in [6.07, 6.45) is 0. The predicted octanol–water partition coefficient (Wildman–Crippen LogP) is 7.44. The van der Waals surface area contributed by atoms with Gasteiger partial charge in [-0.3, -0.25) is 4.68 Å². The van der Waals surface area contributed by atoms with Crippen LogP contribution in [0, 0.1) is 0 Å². The van der Waals surface area contributed by atoms with Gasteiger partial charge in [0.15, 0.2) is 0 Å². The third-order valence-corrected chi connectivity index (χ3v) is 5.61. The average molecular weight is 503 g/mol. The minimum absolute atomic E-state index is 0.649. The first-order chi connectivity index (χ1) is 13.1. The normalized spacial score (nSPS) is 10.9. The molecule has 1 aromatic heterocycles. The lowest BCUT2D eigenvalue weighted by atomic mass is 10.1. The summed E-state index contributed by atoms with van der Waals surface area (Å²) < 4.78 is 3.99. The van der Waals surface area contributed by atoms with Crippen LogP contribution >= 0.6 is 43.5 Å². The predicted molar refractivity (Wildman–Crippen MR) is 119 cm³/mol. The SMILES string of the molecule is Clc1c(-c2cccc(Br)c2)nn(Cc2ccccc2)c1-c1cccc(Br)c1. The highest BCUT2D eigenvalue weighted by Gasteiger charge is 2.19. The Labute approximate surface area is 180 Å². The number of rotatable bonds is 4. The molecule has 0 atom stereocenters. The molecule has 0 saturated carbocycles. The Kier molecular flexibility index (Phi) is 5.48. The molecule has 0 aliphatic carbocycles. The summed E-state index contributed by atoms with van der Waals surface area (Å²) in [6.45, 7) is 0.649. The fraction of sp³-hybridized carbons (Fsp3) is 0.0455. The molecule has 5 heteroatoms. The van der Waals surface area contributed by atoms with Crippen molar-refractivity contribution in [3.8, 4) is 22.5 Å². The van der Waals surface area contributed by atoms with Crippen molar-refractivity contribution in [1.29, 1.82) is 0 Å². The largest absolute Gasteiger partial charge is 0.258 e. The van der Waals surface area contributed by atoms with Crippen LogP contribution in [0.1, 0.15) is 5.56 Å². The smallest absolute Gasteiger partial charge is 0.112 e. The van der Waals surface area contributed by atoms with Crippen molar-refractivity contribution in [2.75, 3.05) is 0 Å². The van der Waals surface area contributed by atoms with Crippen LogP contribution in [0.5, 0.6) is 0 Å². The highest BCUT2D eigenvalue weighted by Crippen LogP contribution is 2.38. The van der Waals surface area contributed by atoms with Crippen molar-refractivity contribution in [3.05, 3.63) is 98.4 Å². The fourth-order valence-electron chi connectivity index (χ4n) is 3.04. The van der Waals surface area contributed by atoms with E-state index in [1.165, 1.54) is 5.56 Å². The second-order valence-corrected chi connectivity index (χ2v) is 8.38. The van der Waals surface area contributed by atoms with Crippen molar-refractivity contribution >= 4 is 43.5 Å². The number of nitrogens with zero attached hydrogens (tertiary/aromatic N) is 2. The maximum Gasteiger partial charge on any atom is 0.112 e. The van der Waals surface area contributed by atoms with Crippen LogP contribution in [0.4, 0.5) is 0 Å². The van der Waals surface area contributed by atoms with Gasteiger partial charge in [-0.15, -0.1) is 0 Å². The van der Waals surface area contributed by atoms with Crippen LogP contribution < -0.4 is 0 Å². The molecule has 4 rings (SSSR count). The van der Waals surface area contributed by atoms with E-state index in [1.54, 1.807) is 0 Å². The lowest BCUT2D eigenvalue weighted by molar-refractivity contribution is 0.697. The Balaban J connectivity index is 1.89. The number of hydrogen-bond acceptors (Lipinski definition) is 1. The second-order valence-electron chi connectivity index (χ2n) is 6.18. The van der Waals surface area contributed by atoms with E-state index in [0.29, 0.717) is 11.6 Å². The Bertz CT molecular complexity index is 1090. The summed E-state index contributed by atoms with van der Waals surface area (Å²) in [5.74, 6) is 0. The monoisotopic (exact) mass is 500 g/mol. The summed E-state index contributed by atoms with van der Waals surface area (Å²) in [6, 6.07) is 26.5. The van der Waals surface area contributed by atoms with Crippen molar-refractivity contribution in [3.63, 3.8) is 0 Å². The van der Waals surface area contributed by atoms with Crippen LogP contribution in [0.2, 0.25) is 5.02 Å². The fourth-order valence-corrected chi connectivity index (χ4v) is 4.19. The lowest BCUT2D eigenvalue weighted by Gasteiger charge is -2.09. The molecule has 1 heterocycles. The Morgan fingerprint density at radius 2 is 1.41 bits per heavy atom. The molecule has 0 fully saturated rings. The third kappa shape index (κ3) is 4.03. The number of benzene rings is 3. The Morgan fingerprint density at radius 3 is 2.07 bits per heavy atom. The van der Waals surface area contributed by atoms with E-state index in [-0.39, 0.29) is 0 Å². The van der Waals surface area contributed by atoms with Crippen molar-refractivity contribution in [2.45, 2.75) is 6.54 Å². The van der Waals surface area contributed by atoms with Gasteiger partial charge in [0.25, 0.3) is 0 Å². The van der Waals surface area contributed by atoms with Gasteiger partial charge in [-0.1, -0.05) is 98.1 Å². The molecule has 4 aromatic rings. The third-order valence-electron chi connectivity index (χ3n) is 4.27. The molecule has 0 radical (unpaired) electrons. The van der Waals surface area contributed by atoms with Crippen LogP contribution in [0.25, 0.3) is 22.5 Å². The van der Waals surface area contributed by atoms with Crippen LogP contribution in [-0.4, -0.2) is 9.78 Å². The zero-order valence-corrected chi connectivity index (χ0v) is 18.2. The summed E-state index contributed by atoms with van der Waals surface area (Å²) in [4.78, 5) is 0. The van der Waals surface area contributed by atoms with E-state index >= 15 is 0 Å². The zero-order valence-electron chi connectivity index (χ0n) is 14.2. The maximum absolute atomic E-state index is 6.86. The number of hydrogen-bond donors (Lipinski definition) is 0. The highest BCUT2D eigenvalue weighted by molar-refractivity contribution is 9.10. The first-order valence-electron chi connectivity index (χ1n) is 8.44. The number of halogens is 3. The minimum atomic E-state index is 0.649. The first-order valence-corrected chi connectivity index (χ1v) is 10.4. The molecule has 0 aliphatic heterocycles. The van der Waals surface area contributed by atoms with Gasteiger partial charge in [0.1, 0.15) is 5.69 Å². The van der Waals surface area contributed by atoms with Crippen molar-refractivity contribution in [2.24, 2.45) is 0 Å². The minimum Gasteiger partial charge on any atom is -0.258 e. The van der Waals surface area contributed by atoms with Crippen LogP contribution in [-0.2, 0) is 6.54 Å². The van der Waals surface area contributed by atoms with Gasteiger partial charge < -0.3 is 0 Å². The number of aromatic nitrogens is 2. The first kappa shape index (κ1) is 18.5. The quantitative estimate of drug-likeness (QED) is 0.283. The van der Waals surface area contributed by atoms with Gasteiger partial charge in [-0.25, -0.2) is 0 Å². The molecule has 0 spiro atoms. The molecule has 134 valence electrons. The molecule has 0 saturated heterocycles. The van der Waals surface area contributed by atoms with Gasteiger partial charge in [-0.05, 0) is 29.8 Å². The van der Waals surface area contributed by atoms with E-state index in [0.717, 1.165) is 31.5 Å². The van der Waals surface area contributed by atoms with E-state index in [4.69, 9.17) is 16.7 Å². The molecule has 27 heavy (non-hydrogen) atoms. The van der Waals surface area contributed by atoms with Crippen molar-refractivity contribution in [1.82, 2.24) is 9.78 Å². The standard InChI is InChI=1S/C22H15Br2ClN2/c23-18-10-4-8-16(12-18)21-20(25)22(17-9-5-11-19(24)13-17)27(26-21)14-15-6-2-1-3-7-15/h1-13H,14H2. The molecule has 0 bridgehead atoms. The van der Waals surface area contributed by atoms with Crippen LogP contribution in [0.3, 0.4) is 0 Å². The van der Waals surface area contributed by atoms with E-state index in [2.05, 4.69) is 56.1 Å². The highest BCUT2D eigenvalue weighted by atomic mass is 79.9. The van der Waals surface area contributed by atoms with E-state index in [1.807, 2.05) is 59.3 Å². The van der Waals surface area contributed by atoms with E-state index in [9.17, 15) is 0 Å². The molecule has 2 nitrogen and oxygen atoms in total. The lowest BCUT2D eigenvalue weighted by Crippen LogP contribution is -2.04.